The van der Waals surface area contributed by atoms with Gasteiger partial charge in [0, 0.05) is 66.0 Å². The fourth-order valence-corrected chi connectivity index (χ4v) is 13.6. The number of hydrogen-bond acceptors (Lipinski definition) is 3. The molecule has 3 heteroatoms. The van der Waals surface area contributed by atoms with E-state index in [1.165, 1.54) is 99.3 Å². The Kier molecular flexibility index (Phi) is 7.71. The van der Waals surface area contributed by atoms with Gasteiger partial charge in [-0.25, -0.2) is 0 Å². The molecule has 15 rings (SSSR count). The minimum Gasteiger partial charge on any atom is -0.455 e. The molecule has 0 radical (unpaired) electrons. The van der Waals surface area contributed by atoms with Crippen molar-refractivity contribution in [1.82, 2.24) is 0 Å². The Morgan fingerprint density at radius 1 is 0.329 bits per heavy atom. The first kappa shape index (κ1) is 39.8. The van der Waals surface area contributed by atoms with Gasteiger partial charge < -0.3 is 13.7 Å². The number of furan rings is 2. The smallest absolute Gasteiger partial charge is 0.144 e. The SMILES string of the molecule is CC1(C)c2cc(N(c3ccccc3)c3ccc4c(c3)C(C)(C)c3c5c(c6oc7ccccc7c6c3-4)-c3ccccc3C5(C)C)ccc2-c2c1cc(-c1cccc3ccccc13)c1oc3ccccc3c21. The summed E-state index contributed by atoms with van der Waals surface area (Å²) in [6.45, 7) is 14.5. The van der Waals surface area contributed by atoms with Crippen LogP contribution in [0.25, 0.3) is 99.2 Å². The third-order valence-corrected chi connectivity index (χ3v) is 16.8. The van der Waals surface area contributed by atoms with Crippen molar-refractivity contribution in [3.8, 4) is 44.5 Å². The average Bonchev–Trinajstić information content (AvgIpc) is 4.13. The van der Waals surface area contributed by atoms with Crippen LogP contribution >= 0.6 is 0 Å². The first-order chi connectivity index (χ1) is 34.0. The van der Waals surface area contributed by atoms with E-state index in [9.17, 15) is 0 Å². The Balaban J connectivity index is 0.940. The molecule has 0 fully saturated rings. The lowest BCUT2D eigenvalue weighted by molar-refractivity contribution is 0.600. The van der Waals surface area contributed by atoms with Gasteiger partial charge >= 0.3 is 0 Å². The van der Waals surface area contributed by atoms with E-state index in [1.807, 2.05) is 0 Å². The highest BCUT2D eigenvalue weighted by molar-refractivity contribution is 6.22. The maximum Gasteiger partial charge on any atom is 0.144 e. The summed E-state index contributed by atoms with van der Waals surface area (Å²) in [5, 5.41) is 7.17. The van der Waals surface area contributed by atoms with Crippen LogP contribution in [0.2, 0.25) is 0 Å². The van der Waals surface area contributed by atoms with Gasteiger partial charge in [0.15, 0.2) is 0 Å². The summed E-state index contributed by atoms with van der Waals surface area (Å²) in [6, 6.07) is 69.3. The topological polar surface area (TPSA) is 29.5 Å². The molecule has 12 aromatic rings. The van der Waals surface area contributed by atoms with Crippen molar-refractivity contribution < 1.29 is 8.83 Å². The molecule has 0 spiro atoms. The van der Waals surface area contributed by atoms with E-state index in [4.69, 9.17) is 8.83 Å². The molecule has 3 aliphatic rings. The van der Waals surface area contributed by atoms with Gasteiger partial charge in [0.05, 0.1) is 0 Å². The summed E-state index contributed by atoms with van der Waals surface area (Å²) in [5.74, 6) is 0. The third kappa shape index (κ3) is 4.99. The van der Waals surface area contributed by atoms with Crippen molar-refractivity contribution in [3.05, 3.63) is 221 Å². The molecule has 0 aliphatic heterocycles. The molecule has 0 bridgehead atoms. The highest BCUT2D eigenvalue weighted by atomic mass is 16.3. The van der Waals surface area contributed by atoms with E-state index in [2.05, 4.69) is 234 Å². The number of anilines is 3. The van der Waals surface area contributed by atoms with Crippen molar-refractivity contribution in [2.45, 2.75) is 57.8 Å². The van der Waals surface area contributed by atoms with Gasteiger partial charge in [-0.05, 0) is 132 Å². The minimum atomic E-state index is -0.319. The lowest BCUT2D eigenvalue weighted by atomic mass is 9.72. The monoisotopic (exact) mass is 899 g/mol. The molecule has 3 nitrogen and oxygen atoms in total. The molecular formula is C67H49NO2. The molecule has 2 heterocycles. The molecule has 70 heavy (non-hydrogen) atoms. The Labute approximate surface area is 407 Å². The van der Waals surface area contributed by atoms with Gasteiger partial charge in [0.25, 0.3) is 0 Å². The molecule has 0 saturated heterocycles. The second kappa shape index (κ2) is 13.6. The maximum atomic E-state index is 6.98. The van der Waals surface area contributed by atoms with Crippen molar-refractivity contribution in [2.75, 3.05) is 4.90 Å². The quantitative estimate of drug-likeness (QED) is 0.176. The first-order valence-electron chi connectivity index (χ1n) is 24.8. The Hall–Kier alpha value is -8.14. The molecule has 0 amide bonds. The van der Waals surface area contributed by atoms with E-state index in [0.29, 0.717) is 0 Å². The summed E-state index contributed by atoms with van der Waals surface area (Å²) in [4.78, 5) is 2.47. The van der Waals surface area contributed by atoms with E-state index in [0.717, 1.165) is 50.3 Å². The van der Waals surface area contributed by atoms with Crippen molar-refractivity contribution in [1.29, 1.82) is 0 Å². The fourth-order valence-electron chi connectivity index (χ4n) is 13.6. The van der Waals surface area contributed by atoms with Gasteiger partial charge in [-0.1, -0.05) is 175 Å². The van der Waals surface area contributed by atoms with Gasteiger partial charge in [-0.3, -0.25) is 0 Å². The molecular weight excluding hydrogens is 851 g/mol. The summed E-state index contributed by atoms with van der Waals surface area (Å²) < 4.78 is 13.9. The second-order valence-electron chi connectivity index (χ2n) is 21.5. The summed E-state index contributed by atoms with van der Waals surface area (Å²) in [6.07, 6.45) is 0. The average molecular weight is 900 g/mol. The van der Waals surface area contributed by atoms with Gasteiger partial charge in [-0.15, -0.1) is 0 Å². The molecule has 3 aliphatic carbocycles. The van der Waals surface area contributed by atoms with E-state index in [1.54, 1.807) is 0 Å². The predicted octanol–water partition coefficient (Wildman–Crippen LogP) is 18.7. The van der Waals surface area contributed by atoms with Crippen LogP contribution in [0.5, 0.6) is 0 Å². The minimum absolute atomic E-state index is 0.222. The Morgan fingerprint density at radius 3 is 1.57 bits per heavy atom. The van der Waals surface area contributed by atoms with Gasteiger partial charge in [0.2, 0.25) is 0 Å². The lowest BCUT2D eigenvalue weighted by Crippen LogP contribution is -2.24. The molecule has 0 N–H and O–H groups in total. The van der Waals surface area contributed by atoms with Crippen LogP contribution in [0.3, 0.4) is 0 Å². The molecule has 0 atom stereocenters. The Bertz CT molecular complexity index is 4270. The highest BCUT2D eigenvalue weighted by Gasteiger charge is 2.49. The predicted molar refractivity (Wildman–Crippen MR) is 291 cm³/mol. The second-order valence-corrected chi connectivity index (χ2v) is 21.5. The van der Waals surface area contributed by atoms with E-state index in [-0.39, 0.29) is 16.2 Å². The number of hydrogen-bond donors (Lipinski definition) is 0. The van der Waals surface area contributed by atoms with Crippen LogP contribution in [-0.2, 0) is 16.2 Å². The van der Waals surface area contributed by atoms with Crippen LogP contribution in [0.4, 0.5) is 17.1 Å². The highest BCUT2D eigenvalue weighted by Crippen LogP contribution is 2.64. The molecule has 10 aromatic carbocycles. The van der Waals surface area contributed by atoms with Crippen molar-refractivity contribution in [2.24, 2.45) is 0 Å². The number of benzene rings is 10. The molecule has 2 aromatic heterocycles. The number of rotatable bonds is 4. The van der Waals surface area contributed by atoms with Crippen molar-refractivity contribution >= 4 is 71.7 Å². The van der Waals surface area contributed by atoms with Crippen LogP contribution < -0.4 is 4.90 Å². The first-order valence-corrected chi connectivity index (χ1v) is 24.8. The van der Waals surface area contributed by atoms with Gasteiger partial charge in [0.1, 0.15) is 22.3 Å². The molecule has 0 unspecified atom stereocenters. The number of para-hydroxylation sites is 3. The van der Waals surface area contributed by atoms with E-state index < -0.39 is 0 Å². The summed E-state index contributed by atoms with van der Waals surface area (Å²) in [7, 11) is 0. The lowest BCUT2D eigenvalue weighted by Gasteiger charge is -2.32. The van der Waals surface area contributed by atoms with Crippen LogP contribution in [-0.4, -0.2) is 0 Å². The van der Waals surface area contributed by atoms with Crippen LogP contribution in [0.15, 0.2) is 197 Å². The standard InChI is InChI=1S/C67H49NO2/c1-65(2)51-35-40(31-33-45(51)56-53(65)37-49(43-27-18-20-38-19-10-11-23-42(38)43)63-58(56)47-25-13-16-29-54(47)69-63)68(39-21-8-7-9-22-39)41-32-34-46-52(36-41)67(5,6)61-57(46)59-48-26-14-17-30-55(48)70-64(59)60-44-24-12-15-28-50(44)66(3,4)62(60)61/h7-37H,1-6H3. The van der Waals surface area contributed by atoms with Crippen LogP contribution in [0.1, 0.15) is 74.9 Å². The Morgan fingerprint density at radius 2 is 0.843 bits per heavy atom. The number of nitrogens with zero attached hydrogens (tertiary/aromatic N) is 1. The zero-order valence-corrected chi connectivity index (χ0v) is 40.2. The van der Waals surface area contributed by atoms with E-state index >= 15 is 0 Å². The summed E-state index contributed by atoms with van der Waals surface area (Å²) >= 11 is 0. The number of fused-ring (bicyclic) bond motifs is 20. The van der Waals surface area contributed by atoms with Gasteiger partial charge in [-0.2, -0.15) is 0 Å². The summed E-state index contributed by atoms with van der Waals surface area (Å²) in [5.41, 5.74) is 24.4. The van der Waals surface area contributed by atoms with Crippen LogP contribution in [0, 0.1) is 0 Å². The normalized spacial score (nSPS) is 15.3. The molecule has 0 saturated carbocycles. The molecule has 334 valence electrons. The van der Waals surface area contributed by atoms with Crippen molar-refractivity contribution in [3.63, 3.8) is 0 Å². The fraction of sp³-hybridized carbons (Fsp3) is 0.134. The third-order valence-electron chi connectivity index (χ3n) is 16.8. The maximum absolute atomic E-state index is 6.98. The largest absolute Gasteiger partial charge is 0.455 e. The zero-order valence-electron chi connectivity index (χ0n) is 40.2. The zero-order chi connectivity index (χ0) is 47.0.